The van der Waals surface area contributed by atoms with Gasteiger partial charge in [0.05, 0.1) is 5.41 Å². The van der Waals surface area contributed by atoms with E-state index in [0.29, 0.717) is 5.56 Å². The summed E-state index contributed by atoms with van der Waals surface area (Å²) in [5, 5.41) is 9.47. The highest BCUT2D eigenvalue weighted by Crippen LogP contribution is 2.29. The number of aliphatic carboxylic acids is 1. The van der Waals surface area contributed by atoms with Gasteiger partial charge in [-0.2, -0.15) is 0 Å². The molecule has 1 aromatic heterocycles. The van der Waals surface area contributed by atoms with E-state index in [9.17, 15) is 18.7 Å². The van der Waals surface area contributed by atoms with Crippen molar-refractivity contribution in [3.8, 4) is 0 Å². The van der Waals surface area contributed by atoms with E-state index in [1.54, 1.807) is 24.5 Å². The predicted molar refractivity (Wildman–Crippen MR) is 69.3 cm³/mol. The third-order valence-corrected chi connectivity index (χ3v) is 3.31. The number of carbonyl (C=O) groups is 1. The van der Waals surface area contributed by atoms with Gasteiger partial charge in [-0.3, -0.25) is 9.78 Å². The summed E-state index contributed by atoms with van der Waals surface area (Å²) in [6, 6.07) is 6.61. The molecule has 0 saturated carbocycles. The van der Waals surface area contributed by atoms with Crippen LogP contribution in [0.15, 0.2) is 42.7 Å². The van der Waals surface area contributed by atoms with Crippen LogP contribution in [0.5, 0.6) is 0 Å². The predicted octanol–water partition coefficient (Wildman–Crippen LogP) is 2.94. The van der Waals surface area contributed by atoms with Gasteiger partial charge in [0.15, 0.2) is 11.6 Å². The number of rotatable bonds is 4. The lowest BCUT2D eigenvalue weighted by molar-refractivity contribution is -0.143. The summed E-state index contributed by atoms with van der Waals surface area (Å²) >= 11 is 0. The summed E-state index contributed by atoms with van der Waals surface area (Å²) in [4.78, 5) is 15.5. The van der Waals surface area contributed by atoms with E-state index >= 15 is 0 Å². The molecule has 0 saturated heterocycles. The van der Waals surface area contributed by atoms with Gasteiger partial charge in [0.2, 0.25) is 0 Å². The first kappa shape index (κ1) is 14.1. The van der Waals surface area contributed by atoms with E-state index in [4.69, 9.17) is 0 Å². The molecule has 0 fully saturated rings. The molecule has 1 heterocycles. The lowest BCUT2D eigenvalue weighted by Gasteiger charge is -2.25. The molecule has 104 valence electrons. The summed E-state index contributed by atoms with van der Waals surface area (Å²) in [5.74, 6) is -3.16. The molecular formula is C15H13F2NO2. The van der Waals surface area contributed by atoms with Crippen molar-refractivity contribution in [1.82, 2.24) is 4.98 Å². The fourth-order valence-electron chi connectivity index (χ4n) is 2.05. The Morgan fingerprint density at radius 3 is 2.60 bits per heavy atom. The molecule has 3 nitrogen and oxygen atoms in total. The van der Waals surface area contributed by atoms with E-state index in [1.807, 2.05) is 0 Å². The maximum atomic E-state index is 13.3. The molecule has 0 amide bonds. The molecule has 2 rings (SSSR count). The Kier molecular flexibility index (Phi) is 3.79. The first-order valence-electron chi connectivity index (χ1n) is 6.01. The van der Waals surface area contributed by atoms with E-state index in [0.717, 1.165) is 12.1 Å². The van der Waals surface area contributed by atoms with Gasteiger partial charge in [0, 0.05) is 12.4 Å². The zero-order valence-electron chi connectivity index (χ0n) is 10.8. The molecule has 5 heteroatoms. The first-order valence-corrected chi connectivity index (χ1v) is 6.01. The van der Waals surface area contributed by atoms with Gasteiger partial charge >= 0.3 is 5.97 Å². The third kappa shape index (κ3) is 2.66. The van der Waals surface area contributed by atoms with Crippen molar-refractivity contribution in [3.63, 3.8) is 0 Å². The number of pyridine rings is 1. The number of aromatic nitrogens is 1. The Balaban J connectivity index is 2.43. The zero-order chi connectivity index (χ0) is 14.8. The van der Waals surface area contributed by atoms with Gasteiger partial charge in [-0.1, -0.05) is 12.1 Å². The summed E-state index contributed by atoms with van der Waals surface area (Å²) in [6.07, 6.45) is 3.28. The zero-order valence-corrected chi connectivity index (χ0v) is 10.8. The van der Waals surface area contributed by atoms with Crippen LogP contribution in [0, 0.1) is 11.6 Å². The molecule has 0 aliphatic rings. The Morgan fingerprint density at radius 2 is 2.05 bits per heavy atom. The van der Waals surface area contributed by atoms with Crippen molar-refractivity contribution in [2.45, 2.75) is 18.8 Å². The minimum atomic E-state index is -1.35. The highest BCUT2D eigenvalue weighted by atomic mass is 19.2. The lowest BCUT2D eigenvalue weighted by Crippen LogP contribution is -2.35. The van der Waals surface area contributed by atoms with E-state index < -0.39 is 23.0 Å². The van der Waals surface area contributed by atoms with Gasteiger partial charge in [-0.15, -0.1) is 0 Å². The number of benzene rings is 1. The lowest BCUT2D eigenvalue weighted by atomic mass is 9.77. The fraction of sp³-hybridized carbons (Fsp3) is 0.200. The van der Waals surface area contributed by atoms with Crippen LogP contribution in [0.2, 0.25) is 0 Å². The second kappa shape index (κ2) is 5.36. The molecule has 0 spiro atoms. The van der Waals surface area contributed by atoms with Crippen molar-refractivity contribution in [2.24, 2.45) is 0 Å². The van der Waals surface area contributed by atoms with E-state index in [-0.39, 0.29) is 12.0 Å². The smallest absolute Gasteiger partial charge is 0.314 e. The van der Waals surface area contributed by atoms with Crippen LogP contribution in [0.4, 0.5) is 8.78 Å². The highest BCUT2D eigenvalue weighted by molar-refractivity contribution is 5.81. The quantitative estimate of drug-likeness (QED) is 0.934. The van der Waals surface area contributed by atoms with Crippen LogP contribution in [-0.2, 0) is 16.6 Å². The number of halogens is 2. The van der Waals surface area contributed by atoms with Crippen LogP contribution in [-0.4, -0.2) is 16.1 Å². The summed E-state index contributed by atoms with van der Waals surface area (Å²) < 4.78 is 26.3. The van der Waals surface area contributed by atoms with Crippen LogP contribution < -0.4 is 0 Å². The molecule has 1 aromatic carbocycles. The molecule has 0 aliphatic carbocycles. The highest BCUT2D eigenvalue weighted by Gasteiger charge is 2.36. The monoisotopic (exact) mass is 277 g/mol. The van der Waals surface area contributed by atoms with E-state index in [1.165, 1.54) is 13.0 Å². The second-order valence-corrected chi connectivity index (χ2v) is 4.80. The summed E-state index contributed by atoms with van der Waals surface area (Å²) in [7, 11) is 0. The van der Waals surface area contributed by atoms with Crippen molar-refractivity contribution in [1.29, 1.82) is 0 Å². The Hall–Kier alpha value is -2.30. The van der Waals surface area contributed by atoms with Crippen molar-refractivity contribution >= 4 is 5.97 Å². The minimum Gasteiger partial charge on any atom is -0.481 e. The minimum absolute atomic E-state index is 0.140. The van der Waals surface area contributed by atoms with Crippen LogP contribution in [0.1, 0.15) is 18.1 Å². The largest absolute Gasteiger partial charge is 0.481 e. The molecule has 1 N–H and O–H groups in total. The third-order valence-electron chi connectivity index (χ3n) is 3.31. The van der Waals surface area contributed by atoms with Crippen molar-refractivity contribution < 1.29 is 18.7 Å². The van der Waals surface area contributed by atoms with Crippen molar-refractivity contribution in [3.05, 3.63) is 65.5 Å². The molecule has 1 atom stereocenters. The maximum Gasteiger partial charge on any atom is 0.314 e. The first-order chi connectivity index (χ1) is 9.43. The SMILES string of the molecule is CC(Cc1cccnc1)(C(=O)O)c1ccc(F)c(F)c1. The fourth-order valence-corrected chi connectivity index (χ4v) is 2.05. The summed E-state index contributed by atoms with van der Waals surface area (Å²) in [6.45, 7) is 1.48. The standard InChI is InChI=1S/C15H13F2NO2/c1-15(14(19)20,8-10-3-2-6-18-9-10)11-4-5-12(16)13(17)7-11/h2-7,9H,8H2,1H3,(H,19,20). The molecular weight excluding hydrogens is 264 g/mol. The normalized spacial score (nSPS) is 13.8. The Labute approximate surface area is 114 Å². The summed E-state index contributed by atoms with van der Waals surface area (Å²) in [5.41, 5.74) is -0.424. The van der Waals surface area contributed by atoms with Gasteiger partial charge in [-0.05, 0) is 42.7 Å². The van der Waals surface area contributed by atoms with Gasteiger partial charge in [0.25, 0.3) is 0 Å². The molecule has 20 heavy (non-hydrogen) atoms. The number of hydrogen-bond acceptors (Lipinski definition) is 2. The second-order valence-electron chi connectivity index (χ2n) is 4.80. The van der Waals surface area contributed by atoms with Gasteiger partial charge in [0.1, 0.15) is 0 Å². The van der Waals surface area contributed by atoms with Gasteiger partial charge < -0.3 is 5.11 Å². The maximum absolute atomic E-state index is 13.3. The molecule has 0 bridgehead atoms. The topological polar surface area (TPSA) is 50.2 Å². The molecule has 2 aromatic rings. The van der Waals surface area contributed by atoms with Crippen molar-refractivity contribution in [2.75, 3.05) is 0 Å². The number of carboxylic acids is 1. The Morgan fingerprint density at radius 1 is 1.30 bits per heavy atom. The number of carboxylic acid groups (broad SMARTS) is 1. The van der Waals surface area contributed by atoms with Crippen LogP contribution >= 0.6 is 0 Å². The average Bonchev–Trinajstić information content (AvgIpc) is 2.42. The number of nitrogens with zero attached hydrogens (tertiary/aromatic N) is 1. The molecule has 0 radical (unpaired) electrons. The Bertz CT molecular complexity index is 631. The van der Waals surface area contributed by atoms with E-state index in [2.05, 4.69) is 4.98 Å². The van der Waals surface area contributed by atoms with Crippen LogP contribution in [0.3, 0.4) is 0 Å². The number of hydrogen-bond donors (Lipinski definition) is 1. The average molecular weight is 277 g/mol. The molecule has 0 aliphatic heterocycles. The van der Waals surface area contributed by atoms with Gasteiger partial charge in [-0.25, -0.2) is 8.78 Å². The molecule has 1 unspecified atom stereocenters. The van der Waals surface area contributed by atoms with Crippen LogP contribution in [0.25, 0.3) is 0 Å².